The van der Waals surface area contributed by atoms with Gasteiger partial charge in [-0.2, -0.15) is 0 Å². The molecule has 4 rings (SSSR count). The molecule has 156 valence electrons. The maximum atomic E-state index is 14.3. The molecule has 1 aromatic heterocycles. The standard InChI is InChI=1S/C24H26FN3O2/c25-20-9-3-1-8-19(20)16-28-21-10-4-2-7-18(21)14-22(28)24(30)27-13-5-6-17(15-27)11-12-23(26)29/h1-4,7-10,14,17H,5-6,11-13,15-16H2,(H2,26,29). The van der Waals surface area contributed by atoms with Crippen molar-refractivity contribution in [1.82, 2.24) is 9.47 Å². The minimum Gasteiger partial charge on any atom is -0.370 e. The van der Waals surface area contributed by atoms with Crippen LogP contribution >= 0.6 is 0 Å². The summed E-state index contributed by atoms with van der Waals surface area (Å²) in [6.45, 7) is 1.60. The van der Waals surface area contributed by atoms with Gasteiger partial charge < -0.3 is 15.2 Å². The zero-order valence-corrected chi connectivity index (χ0v) is 16.9. The number of para-hydroxylation sites is 1. The molecule has 1 unspecified atom stereocenters. The molecule has 1 fully saturated rings. The number of amides is 2. The molecule has 0 bridgehead atoms. The number of halogens is 1. The fraction of sp³-hybridized carbons (Fsp3) is 0.333. The summed E-state index contributed by atoms with van der Waals surface area (Å²) in [5, 5.41) is 0.958. The molecule has 0 aliphatic carbocycles. The highest BCUT2D eigenvalue weighted by molar-refractivity contribution is 5.99. The van der Waals surface area contributed by atoms with E-state index in [2.05, 4.69) is 0 Å². The van der Waals surface area contributed by atoms with Crippen LogP contribution in [0, 0.1) is 11.7 Å². The Kier molecular flexibility index (Phi) is 5.84. The van der Waals surface area contributed by atoms with Crippen LogP contribution in [0.15, 0.2) is 54.6 Å². The summed E-state index contributed by atoms with van der Waals surface area (Å²) in [7, 11) is 0. The van der Waals surface area contributed by atoms with Crippen LogP contribution in [0.5, 0.6) is 0 Å². The first-order valence-electron chi connectivity index (χ1n) is 10.4. The summed E-state index contributed by atoms with van der Waals surface area (Å²) in [6, 6.07) is 16.3. The summed E-state index contributed by atoms with van der Waals surface area (Å²) in [4.78, 5) is 26.5. The Bertz CT molecular complexity index is 1080. The van der Waals surface area contributed by atoms with Crippen molar-refractivity contribution < 1.29 is 14.0 Å². The van der Waals surface area contributed by atoms with Crippen LogP contribution in [0.25, 0.3) is 10.9 Å². The van der Waals surface area contributed by atoms with Gasteiger partial charge in [0.25, 0.3) is 5.91 Å². The fourth-order valence-electron chi connectivity index (χ4n) is 4.35. The van der Waals surface area contributed by atoms with E-state index in [1.165, 1.54) is 6.07 Å². The highest BCUT2D eigenvalue weighted by atomic mass is 19.1. The van der Waals surface area contributed by atoms with E-state index in [0.29, 0.717) is 43.7 Å². The third-order valence-corrected chi connectivity index (χ3v) is 5.92. The van der Waals surface area contributed by atoms with Crippen molar-refractivity contribution in [1.29, 1.82) is 0 Å². The van der Waals surface area contributed by atoms with E-state index in [0.717, 1.165) is 23.7 Å². The zero-order valence-electron chi connectivity index (χ0n) is 16.9. The van der Waals surface area contributed by atoms with Crippen LogP contribution in [0.2, 0.25) is 0 Å². The summed E-state index contributed by atoms with van der Waals surface area (Å²) >= 11 is 0. The molecule has 1 aliphatic rings. The van der Waals surface area contributed by atoms with Crippen LogP contribution in [0.1, 0.15) is 41.7 Å². The second kappa shape index (κ2) is 8.69. The van der Waals surface area contributed by atoms with Gasteiger partial charge in [0.1, 0.15) is 11.5 Å². The summed E-state index contributed by atoms with van der Waals surface area (Å²) < 4.78 is 16.2. The molecule has 2 heterocycles. The van der Waals surface area contributed by atoms with Crippen molar-refractivity contribution >= 4 is 22.7 Å². The Morgan fingerprint density at radius 3 is 2.67 bits per heavy atom. The molecule has 30 heavy (non-hydrogen) atoms. The van der Waals surface area contributed by atoms with Gasteiger partial charge in [-0.15, -0.1) is 0 Å². The number of hydrogen-bond acceptors (Lipinski definition) is 2. The van der Waals surface area contributed by atoms with Gasteiger partial charge in [-0.05, 0) is 43.4 Å². The zero-order chi connectivity index (χ0) is 21.1. The lowest BCUT2D eigenvalue weighted by Gasteiger charge is -2.33. The largest absolute Gasteiger partial charge is 0.370 e. The first-order chi connectivity index (χ1) is 14.5. The number of primary amides is 1. The van der Waals surface area contributed by atoms with E-state index in [-0.39, 0.29) is 23.5 Å². The molecule has 3 aromatic rings. The van der Waals surface area contributed by atoms with Crippen molar-refractivity contribution in [2.45, 2.75) is 32.2 Å². The molecule has 1 saturated heterocycles. The van der Waals surface area contributed by atoms with Crippen LogP contribution in [0.3, 0.4) is 0 Å². The number of piperidine rings is 1. The topological polar surface area (TPSA) is 68.3 Å². The predicted molar refractivity (Wildman–Crippen MR) is 114 cm³/mol. The lowest BCUT2D eigenvalue weighted by atomic mass is 9.93. The summed E-state index contributed by atoms with van der Waals surface area (Å²) in [6.07, 6.45) is 2.95. The van der Waals surface area contributed by atoms with Gasteiger partial charge in [-0.3, -0.25) is 9.59 Å². The van der Waals surface area contributed by atoms with Gasteiger partial charge in [-0.1, -0.05) is 36.4 Å². The number of nitrogens with zero attached hydrogens (tertiary/aromatic N) is 2. The Hall–Kier alpha value is -3.15. The predicted octanol–water partition coefficient (Wildman–Crippen LogP) is 3.95. The van der Waals surface area contributed by atoms with E-state index >= 15 is 0 Å². The van der Waals surface area contributed by atoms with Gasteiger partial charge in [0.2, 0.25) is 5.91 Å². The highest BCUT2D eigenvalue weighted by Crippen LogP contribution is 2.26. The Labute approximate surface area is 175 Å². The minimum absolute atomic E-state index is 0.0497. The van der Waals surface area contributed by atoms with Gasteiger partial charge in [-0.25, -0.2) is 4.39 Å². The van der Waals surface area contributed by atoms with E-state index in [1.807, 2.05) is 39.8 Å². The van der Waals surface area contributed by atoms with E-state index in [9.17, 15) is 14.0 Å². The first-order valence-corrected chi connectivity index (χ1v) is 10.4. The molecule has 1 atom stereocenters. The molecule has 6 heteroatoms. The maximum Gasteiger partial charge on any atom is 0.270 e. The number of carbonyl (C=O) groups is 2. The van der Waals surface area contributed by atoms with Gasteiger partial charge in [0.15, 0.2) is 0 Å². The molecule has 0 radical (unpaired) electrons. The number of nitrogens with two attached hydrogens (primary N) is 1. The molecule has 1 aliphatic heterocycles. The molecule has 2 aromatic carbocycles. The van der Waals surface area contributed by atoms with Crippen LogP contribution < -0.4 is 5.73 Å². The van der Waals surface area contributed by atoms with E-state index in [4.69, 9.17) is 5.73 Å². The van der Waals surface area contributed by atoms with Gasteiger partial charge in [0.05, 0.1) is 6.54 Å². The smallest absolute Gasteiger partial charge is 0.270 e. The molecule has 0 saturated carbocycles. The van der Waals surface area contributed by atoms with Crippen molar-refractivity contribution in [3.63, 3.8) is 0 Å². The monoisotopic (exact) mass is 407 g/mol. The molecular weight excluding hydrogens is 381 g/mol. The fourth-order valence-corrected chi connectivity index (χ4v) is 4.35. The van der Waals surface area contributed by atoms with Crippen molar-refractivity contribution in [2.75, 3.05) is 13.1 Å². The Balaban J connectivity index is 1.64. The average Bonchev–Trinajstić information content (AvgIpc) is 3.12. The summed E-state index contributed by atoms with van der Waals surface area (Å²) in [5.41, 5.74) is 7.31. The summed E-state index contributed by atoms with van der Waals surface area (Å²) in [5.74, 6) is -0.354. The van der Waals surface area contributed by atoms with Gasteiger partial charge in [0, 0.05) is 36.0 Å². The average molecular weight is 407 g/mol. The number of likely N-dealkylation sites (tertiary alicyclic amines) is 1. The number of rotatable bonds is 6. The van der Waals surface area contributed by atoms with E-state index < -0.39 is 0 Å². The number of benzene rings is 2. The van der Waals surface area contributed by atoms with Crippen LogP contribution in [-0.4, -0.2) is 34.4 Å². The van der Waals surface area contributed by atoms with Crippen molar-refractivity contribution in [2.24, 2.45) is 11.7 Å². The third kappa shape index (κ3) is 4.22. The quantitative estimate of drug-likeness (QED) is 0.672. The third-order valence-electron chi connectivity index (χ3n) is 5.92. The number of carbonyl (C=O) groups excluding carboxylic acids is 2. The second-order valence-corrected chi connectivity index (χ2v) is 8.03. The van der Waals surface area contributed by atoms with E-state index in [1.54, 1.807) is 18.2 Å². The van der Waals surface area contributed by atoms with Gasteiger partial charge >= 0.3 is 0 Å². The van der Waals surface area contributed by atoms with Crippen molar-refractivity contribution in [3.05, 3.63) is 71.7 Å². The molecule has 2 amide bonds. The first kappa shape index (κ1) is 20.1. The lowest BCUT2D eigenvalue weighted by Crippen LogP contribution is -2.41. The minimum atomic E-state index is -0.302. The second-order valence-electron chi connectivity index (χ2n) is 8.03. The van der Waals surface area contributed by atoms with Crippen molar-refractivity contribution in [3.8, 4) is 0 Å². The molecule has 2 N–H and O–H groups in total. The van der Waals surface area contributed by atoms with Crippen LogP contribution in [0.4, 0.5) is 4.39 Å². The highest BCUT2D eigenvalue weighted by Gasteiger charge is 2.27. The van der Waals surface area contributed by atoms with Crippen LogP contribution in [-0.2, 0) is 11.3 Å². The Morgan fingerprint density at radius 1 is 1.10 bits per heavy atom. The lowest BCUT2D eigenvalue weighted by molar-refractivity contribution is -0.118. The maximum absolute atomic E-state index is 14.3. The normalized spacial score (nSPS) is 16.7. The Morgan fingerprint density at radius 2 is 1.87 bits per heavy atom. The number of hydrogen-bond donors (Lipinski definition) is 1. The molecule has 0 spiro atoms. The molecular formula is C24H26FN3O2. The SMILES string of the molecule is NC(=O)CCC1CCCN(C(=O)c2cc3ccccc3n2Cc2ccccc2F)C1. The number of fused-ring (bicyclic) bond motifs is 1. The number of aromatic nitrogens is 1. The molecule has 5 nitrogen and oxygen atoms in total.